The molecule has 5 heteroatoms. The second-order valence-electron chi connectivity index (χ2n) is 5.56. The molecule has 0 aliphatic heterocycles. The van der Waals surface area contributed by atoms with E-state index in [2.05, 4.69) is 0 Å². The standard InChI is InChI=1S/C19H19NO4/c1-13-7-8-14-15(19(21)22)12-20(16(14)11-13)9-10-24-18-6-4-3-5-17(18)23-2/h3-8,11-12H,9-10H2,1-2H3,(H,21,22). The third-order valence-electron chi connectivity index (χ3n) is 3.93. The molecule has 2 aromatic carbocycles. The molecule has 0 radical (unpaired) electrons. The molecule has 1 aromatic heterocycles. The summed E-state index contributed by atoms with van der Waals surface area (Å²) < 4.78 is 13.0. The summed E-state index contributed by atoms with van der Waals surface area (Å²) in [6.07, 6.45) is 1.66. The van der Waals surface area contributed by atoms with Gasteiger partial charge in [-0.2, -0.15) is 0 Å². The van der Waals surface area contributed by atoms with Crippen LogP contribution in [0.1, 0.15) is 15.9 Å². The zero-order chi connectivity index (χ0) is 17.1. The number of nitrogens with zero attached hydrogens (tertiary/aromatic N) is 1. The van der Waals surface area contributed by atoms with Crippen molar-refractivity contribution in [2.75, 3.05) is 13.7 Å². The predicted molar refractivity (Wildman–Crippen MR) is 92.1 cm³/mol. The van der Waals surface area contributed by atoms with Crippen molar-refractivity contribution in [3.05, 3.63) is 59.8 Å². The van der Waals surface area contributed by atoms with E-state index in [9.17, 15) is 9.90 Å². The number of aromatic nitrogens is 1. The number of ether oxygens (including phenoxy) is 2. The smallest absolute Gasteiger partial charge is 0.337 e. The molecule has 24 heavy (non-hydrogen) atoms. The zero-order valence-electron chi connectivity index (χ0n) is 13.7. The number of carbonyl (C=O) groups is 1. The van der Waals surface area contributed by atoms with E-state index in [1.54, 1.807) is 13.3 Å². The van der Waals surface area contributed by atoms with Gasteiger partial charge in [-0.05, 0) is 30.7 Å². The maximum Gasteiger partial charge on any atom is 0.337 e. The van der Waals surface area contributed by atoms with Crippen molar-refractivity contribution in [1.29, 1.82) is 0 Å². The molecule has 3 rings (SSSR count). The maximum absolute atomic E-state index is 11.4. The van der Waals surface area contributed by atoms with E-state index in [-0.39, 0.29) is 0 Å². The summed E-state index contributed by atoms with van der Waals surface area (Å²) in [5.74, 6) is 0.427. The van der Waals surface area contributed by atoms with Crippen LogP contribution in [0, 0.1) is 6.92 Å². The monoisotopic (exact) mass is 325 g/mol. The van der Waals surface area contributed by atoms with Gasteiger partial charge in [0.15, 0.2) is 11.5 Å². The molecule has 5 nitrogen and oxygen atoms in total. The van der Waals surface area contributed by atoms with E-state index in [0.717, 1.165) is 16.5 Å². The minimum Gasteiger partial charge on any atom is -0.493 e. The lowest BCUT2D eigenvalue weighted by atomic mass is 10.1. The van der Waals surface area contributed by atoms with Crippen LogP contribution in [0.4, 0.5) is 0 Å². The molecule has 0 saturated heterocycles. The fraction of sp³-hybridized carbons (Fsp3) is 0.211. The number of hydrogen-bond acceptors (Lipinski definition) is 3. The van der Waals surface area contributed by atoms with Gasteiger partial charge in [0.05, 0.1) is 19.2 Å². The normalized spacial score (nSPS) is 10.8. The SMILES string of the molecule is COc1ccccc1OCCn1cc(C(=O)O)c2ccc(C)cc21. The van der Waals surface area contributed by atoms with Crippen LogP contribution in [0.25, 0.3) is 10.9 Å². The first kappa shape index (κ1) is 15.9. The highest BCUT2D eigenvalue weighted by atomic mass is 16.5. The van der Waals surface area contributed by atoms with E-state index in [4.69, 9.17) is 9.47 Å². The van der Waals surface area contributed by atoms with Gasteiger partial charge in [0.1, 0.15) is 6.61 Å². The summed E-state index contributed by atoms with van der Waals surface area (Å²) in [6.45, 7) is 2.95. The largest absolute Gasteiger partial charge is 0.493 e. The first-order valence-corrected chi connectivity index (χ1v) is 7.68. The van der Waals surface area contributed by atoms with Crippen LogP contribution in [0.2, 0.25) is 0 Å². The number of rotatable bonds is 6. The number of aryl methyl sites for hydroxylation is 1. The van der Waals surface area contributed by atoms with Crippen molar-refractivity contribution in [2.45, 2.75) is 13.5 Å². The third kappa shape index (κ3) is 3.06. The minimum absolute atomic E-state index is 0.308. The molecule has 0 unspecified atom stereocenters. The van der Waals surface area contributed by atoms with Gasteiger partial charge in [-0.3, -0.25) is 0 Å². The molecule has 1 heterocycles. The Morgan fingerprint density at radius 2 is 1.92 bits per heavy atom. The number of hydrogen-bond donors (Lipinski definition) is 1. The van der Waals surface area contributed by atoms with Crippen molar-refractivity contribution in [3.63, 3.8) is 0 Å². The van der Waals surface area contributed by atoms with Gasteiger partial charge in [-0.1, -0.05) is 24.3 Å². The fourth-order valence-corrected chi connectivity index (χ4v) is 2.75. The lowest BCUT2D eigenvalue weighted by Gasteiger charge is -2.11. The highest BCUT2D eigenvalue weighted by molar-refractivity contribution is 6.03. The van der Waals surface area contributed by atoms with Gasteiger partial charge >= 0.3 is 5.97 Å². The third-order valence-corrected chi connectivity index (χ3v) is 3.93. The Morgan fingerprint density at radius 1 is 1.17 bits per heavy atom. The van der Waals surface area contributed by atoms with Crippen LogP contribution < -0.4 is 9.47 Å². The molecule has 0 amide bonds. The average molecular weight is 325 g/mol. The number of aromatic carboxylic acids is 1. The number of benzene rings is 2. The van der Waals surface area contributed by atoms with Crippen molar-refractivity contribution < 1.29 is 19.4 Å². The van der Waals surface area contributed by atoms with E-state index >= 15 is 0 Å². The summed E-state index contributed by atoms with van der Waals surface area (Å²) in [5.41, 5.74) is 2.29. The molecule has 3 aromatic rings. The van der Waals surface area contributed by atoms with Crippen LogP contribution in [-0.2, 0) is 6.54 Å². The number of fused-ring (bicyclic) bond motifs is 1. The van der Waals surface area contributed by atoms with Gasteiger partial charge < -0.3 is 19.1 Å². The second kappa shape index (κ2) is 6.66. The Morgan fingerprint density at radius 3 is 2.62 bits per heavy atom. The van der Waals surface area contributed by atoms with Gasteiger partial charge in [0, 0.05) is 17.1 Å². The van der Waals surface area contributed by atoms with E-state index < -0.39 is 5.97 Å². The average Bonchev–Trinajstić information content (AvgIpc) is 2.93. The van der Waals surface area contributed by atoms with Crippen LogP contribution >= 0.6 is 0 Å². The second-order valence-corrected chi connectivity index (χ2v) is 5.56. The lowest BCUT2D eigenvalue weighted by molar-refractivity contribution is 0.0698. The first-order valence-electron chi connectivity index (χ1n) is 7.68. The predicted octanol–water partition coefficient (Wildman–Crippen LogP) is 3.74. The highest BCUT2D eigenvalue weighted by Crippen LogP contribution is 2.26. The summed E-state index contributed by atoms with van der Waals surface area (Å²) in [4.78, 5) is 11.4. The Kier molecular flexibility index (Phi) is 4.42. The first-order chi connectivity index (χ1) is 11.6. The Labute approximate surface area is 140 Å². The lowest BCUT2D eigenvalue weighted by Crippen LogP contribution is -2.08. The molecule has 0 atom stereocenters. The van der Waals surface area contributed by atoms with E-state index in [1.807, 2.05) is 54.0 Å². The van der Waals surface area contributed by atoms with Crippen molar-refractivity contribution in [3.8, 4) is 11.5 Å². The van der Waals surface area contributed by atoms with Gasteiger partial charge in [-0.15, -0.1) is 0 Å². The summed E-state index contributed by atoms with van der Waals surface area (Å²) in [5, 5.41) is 10.1. The van der Waals surface area contributed by atoms with Crippen LogP contribution in [-0.4, -0.2) is 29.4 Å². The van der Waals surface area contributed by atoms with Crippen LogP contribution in [0.15, 0.2) is 48.7 Å². The number of para-hydroxylation sites is 2. The molecule has 0 aliphatic carbocycles. The number of carboxylic acids is 1. The molecule has 124 valence electrons. The molecule has 0 spiro atoms. The highest BCUT2D eigenvalue weighted by Gasteiger charge is 2.14. The topological polar surface area (TPSA) is 60.7 Å². The van der Waals surface area contributed by atoms with E-state index in [0.29, 0.717) is 30.2 Å². The van der Waals surface area contributed by atoms with Crippen molar-refractivity contribution in [2.24, 2.45) is 0 Å². The summed E-state index contributed by atoms with van der Waals surface area (Å²) in [7, 11) is 1.60. The zero-order valence-corrected chi connectivity index (χ0v) is 13.7. The molecule has 0 bridgehead atoms. The number of carboxylic acid groups (broad SMARTS) is 1. The molecule has 0 fully saturated rings. The summed E-state index contributed by atoms with van der Waals surface area (Å²) >= 11 is 0. The van der Waals surface area contributed by atoms with Gasteiger partial charge in [-0.25, -0.2) is 4.79 Å². The van der Waals surface area contributed by atoms with E-state index in [1.165, 1.54) is 0 Å². The van der Waals surface area contributed by atoms with Gasteiger partial charge in [0.2, 0.25) is 0 Å². The molecular formula is C19H19NO4. The molecule has 1 N–H and O–H groups in total. The van der Waals surface area contributed by atoms with Crippen molar-refractivity contribution >= 4 is 16.9 Å². The quantitative estimate of drug-likeness (QED) is 0.750. The molecular weight excluding hydrogens is 306 g/mol. The maximum atomic E-state index is 11.4. The fourth-order valence-electron chi connectivity index (χ4n) is 2.75. The number of methoxy groups -OCH3 is 1. The Bertz CT molecular complexity index is 882. The molecule has 0 aliphatic rings. The summed E-state index contributed by atoms with van der Waals surface area (Å²) in [6, 6.07) is 13.2. The van der Waals surface area contributed by atoms with Gasteiger partial charge in [0.25, 0.3) is 0 Å². The molecule has 0 saturated carbocycles. The minimum atomic E-state index is -0.923. The van der Waals surface area contributed by atoms with Crippen LogP contribution in [0.5, 0.6) is 11.5 Å². The van der Waals surface area contributed by atoms with Crippen LogP contribution in [0.3, 0.4) is 0 Å². The Balaban J connectivity index is 1.82. The van der Waals surface area contributed by atoms with Crippen molar-refractivity contribution in [1.82, 2.24) is 4.57 Å². The Hall–Kier alpha value is -2.95.